The van der Waals surface area contributed by atoms with Gasteiger partial charge in [0.05, 0.1) is 0 Å². The minimum absolute atomic E-state index is 0.0701. The molecule has 0 aliphatic rings. The van der Waals surface area contributed by atoms with E-state index in [4.69, 9.17) is 0 Å². The van der Waals surface area contributed by atoms with Gasteiger partial charge in [-0.3, -0.25) is 4.79 Å². The van der Waals surface area contributed by atoms with E-state index in [1.165, 1.54) is 17.3 Å². The van der Waals surface area contributed by atoms with Crippen molar-refractivity contribution >= 4 is 22.8 Å². The van der Waals surface area contributed by atoms with Gasteiger partial charge in [0.2, 0.25) is 5.91 Å². The Morgan fingerprint density at radius 2 is 2.12 bits per heavy atom. The summed E-state index contributed by atoms with van der Waals surface area (Å²) in [5.41, 5.74) is 1.90. The van der Waals surface area contributed by atoms with Gasteiger partial charge in [-0.2, -0.15) is 5.10 Å². The lowest BCUT2D eigenvalue weighted by Crippen LogP contribution is -2.43. The van der Waals surface area contributed by atoms with Crippen molar-refractivity contribution < 1.29 is 14.7 Å². The lowest BCUT2D eigenvalue weighted by atomic mass is 10.1. The summed E-state index contributed by atoms with van der Waals surface area (Å²) >= 11 is 0. The van der Waals surface area contributed by atoms with E-state index < -0.39 is 17.9 Å². The van der Waals surface area contributed by atoms with Crippen molar-refractivity contribution in [3.63, 3.8) is 0 Å². The number of nitrogens with one attached hydrogen (secondary N) is 1. The minimum atomic E-state index is -1.07. The molecule has 3 aromatic rings. The summed E-state index contributed by atoms with van der Waals surface area (Å²) in [7, 11) is 1.91. The molecule has 1 aromatic carbocycles. The molecule has 1 amide bonds. The Hall–Kier alpha value is -3.16. The molecule has 0 fully saturated rings. The Morgan fingerprint density at radius 1 is 1.33 bits per heavy atom. The molecule has 8 heteroatoms. The van der Waals surface area contributed by atoms with E-state index in [1.807, 2.05) is 42.1 Å². The third-order valence-electron chi connectivity index (χ3n) is 3.81. The first-order valence-corrected chi connectivity index (χ1v) is 7.42. The maximum absolute atomic E-state index is 12.0. The van der Waals surface area contributed by atoms with Gasteiger partial charge >= 0.3 is 5.97 Å². The predicted molar refractivity (Wildman–Crippen MR) is 86.2 cm³/mol. The van der Waals surface area contributed by atoms with Crippen LogP contribution in [0.2, 0.25) is 0 Å². The van der Waals surface area contributed by atoms with Crippen LogP contribution in [0.3, 0.4) is 0 Å². The highest BCUT2D eigenvalue weighted by Gasteiger charge is 2.22. The molecule has 24 heavy (non-hydrogen) atoms. The largest absolute Gasteiger partial charge is 0.480 e. The molecule has 8 nitrogen and oxygen atoms in total. The molecule has 0 saturated heterocycles. The number of benzene rings is 1. The second-order valence-electron chi connectivity index (χ2n) is 5.54. The highest BCUT2D eigenvalue weighted by Crippen LogP contribution is 2.21. The van der Waals surface area contributed by atoms with Gasteiger partial charge in [-0.25, -0.2) is 14.5 Å². The van der Waals surface area contributed by atoms with E-state index in [1.54, 1.807) is 0 Å². The molecule has 0 bridgehead atoms. The quantitative estimate of drug-likeness (QED) is 0.689. The third kappa shape index (κ3) is 3.27. The van der Waals surface area contributed by atoms with Crippen molar-refractivity contribution in [2.24, 2.45) is 7.05 Å². The summed E-state index contributed by atoms with van der Waals surface area (Å²) < 4.78 is 3.28. The van der Waals surface area contributed by atoms with Gasteiger partial charge in [0.25, 0.3) is 0 Å². The number of hydrogen-bond acceptors (Lipinski definition) is 4. The molecule has 2 aromatic heterocycles. The van der Waals surface area contributed by atoms with Gasteiger partial charge in [-0.15, -0.1) is 0 Å². The molecule has 124 valence electrons. The number of nitrogens with zero attached hydrogens (tertiary/aromatic N) is 4. The van der Waals surface area contributed by atoms with Gasteiger partial charge in [0.1, 0.15) is 25.2 Å². The van der Waals surface area contributed by atoms with Crippen molar-refractivity contribution in [3.8, 4) is 0 Å². The number of carboxylic acids is 1. The van der Waals surface area contributed by atoms with Crippen molar-refractivity contribution in [1.29, 1.82) is 0 Å². The Bertz CT molecular complexity index is 869. The first-order chi connectivity index (χ1) is 11.5. The summed E-state index contributed by atoms with van der Waals surface area (Å²) in [6.07, 6.45) is 4.82. The van der Waals surface area contributed by atoms with Crippen LogP contribution in [0.25, 0.3) is 10.9 Å². The van der Waals surface area contributed by atoms with E-state index >= 15 is 0 Å². The maximum Gasteiger partial charge on any atom is 0.326 e. The molecule has 2 heterocycles. The second-order valence-corrected chi connectivity index (χ2v) is 5.54. The first-order valence-electron chi connectivity index (χ1n) is 7.42. The van der Waals surface area contributed by atoms with Crippen molar-refractivity contribution in [3.05, 3.63) is 48.7 Å². The number of amides is 1. The zero-order valence-corrected chi connectivity index (χ0v) is 13.1. The molecule has 0 unspecified atom stereocenters. The number of carbonyl (C=O) groups is 2. The number of carbonyl (C=O) groups excluding carboxylic acids is 1. The smallest absolute Gasteiger partial charge is 0.326 e. The lowest BCUT2D eigenvalue weighted by molar-refractivity contribution is -0.141. The van der Waals surface area contributed by atoms with Crippen molar-refractivity contribution in [2.75, 3.05) is 0 Å². The Labute approximate surface area is 137 Å². The Morgan fingerprint density at radius 3 is 2.83 bits per heavy atom. The number of carboxylic acid groups (broad SMARTS) is 1. The molecule has 2 N–H and O–H groups in total. The number of fused-ring (bicyclic) bond motifs is 1. The normalized spacial score (nSPS) is 12.2. The van der Waals surface area contributed by atoms with Gasteiger partial charge in [0, 0.05) is 30.6 Å². The van der Waals surface area contributed by atoms with E-state index in [0.29, 0.717) is 0 Å². The van der Waals surface area contributed by atoms with E-state index in [0.717, 1.165) is 16.5 Å². The predicted octanol–water partition coefficient (Wildman–Crippen LogP) is 0.582. The average molecular weight is 327 g/mol. The molecular formula is C16H17N5O3. The fraction of sp³-hybridized carbons (Fsp3) is 0.250. The van der Waals surface area contributed by atoms with Gasteiger partial charge in [-0.1, -0.05) is 18.2 Å². The monoisotopic (exact) mass is 327 g/mol. The van der Waals surface area contributed by atoms with Crippen LogP contribution in [0.4, 0.5) is 0 Å². The van der Waals surface area contributed by atoms with Gasteiger partial charge < -0.3 is 15.0 Å². The second kappa shape index (κ2) is 6.53. The fourth-order valence-electron chi connectivity index (χ4n) is 2.71. The summed E-state index contributed by atoms with van der Waals surface area (Å²) in [6, 6.07) is 6.75. The average Bonchev–Trinajstić information content (AvgIpc) is 3.16. The number of hydrogen-bond donors (Lipinski definition) is 2. The topological polar surface area (TPSA) is 102 Å². The molecule has 0 radical (unpaired) electrons. The maximum atomic E-state index is 12.0. The molecule has 3 rings (SSSR count). The molecule has 1 atom stereocenters. The van der Waals surface area contributed by atoms with Crippen molar-refractivity contribution in [1.82, 2.24) is 24.6 Å². The van der Waals surface area contributed by atoms with Crippen LogP contribution < -0.4 is 5.32 Å². The van der Waals surface area contributed by atoms with Crippen molar-refractivity contribution in [2.45, 2.75) is 19.0 Å². The number of aliphatic carboxylic acids is 1. The standard InChI is InChI=1S/C16H17N5O3/c1-20-7-11(12-4-2-3-5-14(12)20)6-13(16(23)24)19-15(22)8-21-10-17-9-18-21/h2-5,7,9-10,13H,6,8H2,1H3,(H,19,22)(H,23,24)/t13-/m0/s1. The van der Waals surface area contributed by atoms with Crippen LogP contribution in [0.5, 0.6) is 0 Å². The molecular weight excluding hydrogens is 310 g/mol. The third-order valence-corrected chi connectivity index (χ3v) is 3.81. The fourth-order valence-corrected chi connectivity index (χ4v) is 2.71. The summed E-state index contributed by atoms with van der Waals surface area (Å²) in [4.78, 5) is 27.3. The van der Waals surface area contributed by atoms with Gasteiger partial charge in [0.15, 0.2) is 0 Å². The van der Waals surface area contributed by atoms with Crippen LogP contribution >= 0.6 is 0 Å². The van der Waals surface area contributed by atoms with Crippen LogP contribution in [-0.2, 0) is 29.6 Å². The first kappa shape index (κ1) is 15.7. The number of aryl methyl sites for hydroxylation is 1. The summed E-state index contributed by atoms with van der Waals surface area (Å²) in [5, 5.41) is 16.8. The minimum Gasteiger partial charge on any atom is -0.480 e. The van der Waals surface area contributed by atoms with Crippen LogP contribution in [0.1, 0.15) is 5.56 Å². The number of para-hydroxylation sites is 1. The summed E-state index contributed by atoms with van der Waals surface area (Å²) in [6.45, 7) is -0.0701. The Balaban J connectivity index is 1.76. The highest BCUT2D eigenvalue weighted by molar-refractivity contribution is 5.87. The van der Waals surface area contributed by atoms with Crippen LogP contribution in [0.15, 0.2) is 43.1 Å². The van der Waals surface area contributed by atoms with Crippen LogP contribution in [-0.4, -0.2) is 42.4 Å². The van der Waals surface area contributed by atoms with Crippen LogP contribution in [0, 0.1) is 0 Å². The zero-order chi connectivity index (χ0) is 17.1. The molecule has 0 saturated carbocycles. The molecule has 0 aliphatic carbocycles. The van der Waals surface area contributed by atoms with E-state index in [-0.39, 0.29) is 13.0 Å². The summed E-state index contributed by atoms with van der Waals surface area (Å²) in [5.74, 6) is -1.50. The van der Waals surface area contributed by atoms with E-state index in [2.05, 4.69) is 15.4 Å². The molecule has 0 spiro atoms. The Kier molecular flexibility index (Phi) is 4.28. The number of rotatable bonds is 6. The SMILES string of the molecule is Cn1cc(C[C@H](NC(=O)Cn2cncn2)C(=O)O)c2ccccc21. The molecule has 0 aliphatic heterocycles. The zero-order valence-electron chi connectivity index (χ0n) is 13.1. The lowest BCUT2D eigenvalue weighted by Gasteiger charge is -2.14. The van der Waals surface area contributed by atoms with E-state index in [9.17, 15) is 14.7 Å². The highest BCUT2D eigenvalue weighted by atomic mass is 16.4. The van der Waals surface area contributed by atoms with Gasteiger partial charge in [-0.05, 0) is 11.6 Å². The number of aromatic nitrogens is 4.